The van der Waals surface area contributed by atoms with E-state index in [0.717, 1.165) is 22.4 Å². The van der Waals surface area contributed by atoms with Crippen molar-refractivity contribution in [1.82, 2.24) is 4.90 Å². The molecule has 0 N–H and O–H groups in total. The first-order valence-electron chi connectivity index (χ1n) is 5.11. The van der Waals surface area contributed by atoms with Gasteiger partial charge >= 0.3 is 0 Å². The first-order valence-corrected chi connectivity index (χ1v) is 5.11. The zero-order valence-corrected chi connectivity index (χ0v) is 10.6. The summed E-state index contributed by atoms with van der Waals surface area (Å²) in [4.78, 5) is 1.98. The molecule has 0 spiro atoms. The maximum atomic E-state index is 3.97. The van der Waals surface area contributed by atoms with Gasteiger partial charge < -0.3 is 4.90 Å². The van der Waals surface area contributed by atoms with Crippen LogP contribution >= 0.6 is 0 Å². The molecule has 0 radical (unpaired) electrons. The molecule has 16 heavy (non-hydrogen) atoms. The van der Waals surface area contributed by atoms with E-state index in [2.05, 4.69) is 26.3 Å². The van der Waals surface area contributed by atoms with Crippen LogP contribution in [-0.2, 0) is 0 Å². The zero-order valence-electron chi connectivity index (χ0n) is 10.6. The third kappa shape index (κ3) is 5.20. The minimum absolute atomic E-state index is 0.876. The highest BCUT2D eigenvalue weighted by atomic mass is 15.1. The molecule has 0 bridgehead atoms. The van der Waals surface area contributed by atoms with Crippen molar-refractivity contribution in [3.63, 3.8) is 0 Å². The van der Waals surface area contributed by atoms with Crippen molar-refractivity contribution in [3.8, 4) is 0 Å². The average molecular weight is 215 g/mol. The Morgan fingerprint density at radius 2 is 1.56 bits per heavy atom. The van der Waals surface area contributed by atoms with Gasteiger partial charge in [-0.15, -0.1) is 0 Å². The van der Waals surface area contributed by atoms with Crippen LogP contribution in [0.1, 0.15) is 6.92 Å². The second-order valence-electron chi connectivity index (χ2n) is 3.90. The summed E-state index contributed by atoms with van der Waals surface area (Å²) in [6, 6.07) is 0. The van der Waals surface area contributed by atoms with Gasteiger partial charge in [0.05, 0.1) is 0 Å². The first-order chi connectivity index (χ1) is 7.38. The molecule has 0 saturated heterocycles. The maximum Gasteiger partial charge on any atom is 0.0361 e. The molecule has 1 nitrogen and oxygen atoms in total. The molecule has 0 aliphatic heterocycles. The molecule has 1 heteroatoms. The molecule has 0 aromatic heterocycles. The Balaban J connectivity index is 4.75. The Kier molecular flexibility index (Phi) is 5.94. The minimum Gasteiger partial charge on any atom is -0.378 e. The quantitative estimate of drug-likeness (QED) is 0.608. The van der Waals surface area contributed by atoms with Gasteiger partial charge in [0.25, 0.3) is 0 Å². The lowest BCUT2D eigenvalue weighted by Gasteiger charge is -2.14. The standard InChI is InChI=1S/C15H21N/c1-8-15(16(6)7)11-14(5)13(4)10-9-12(2)3/h8-11H,1-2,4-5H2,3,6-7H3/b10-9-,15-11+. The molecule has 0 atom stereocenters. The summed E-state index contributed by atoms with van der Waals surface area (Å²) in [5, 5.41) is 0. The Morgan fingerprint density at radius 3 is 1.94 bits per heavy atom. The normalized spacial score (nSPS) is 11.3. The van der Waals surface area contributed by atoms with E-state index < -0.39 is 0 Å². The summed E-state index contributed by atoms with van der Waals surface area (Å²) in [6.45, 7) is 17.4. The van der Waals surface area contributed by atoms with Gasteiger partial charge in [0.1, 0.15) is 0 Å². The molecule has 86 valence electrons. The van der Waals surface area contributed by atoms with E-state index >= 15 is 0 Å². The largest absolute Gasteiger partial charge is 0.378 e. The van der Waals surface area contributed by atoms with Crippen LogP contribution in [0.25, 0.3) is 0 Å². The number of hydrogen-bond donors (Lipinski definition) is 0. The fourth-order valence-electron chi connectivity index (χ4n) is 0.992. The van der Waals surface area contributed by atoms with Gasteiger partial charge in [-0.3, -0.25) is 0 Å². The van der Waals surface area contributed by atoms with Crippen LogP contribution in [0.15, 0.2) is 73.0 Å². The van der Waals surface area contributed by atoms with Crippen LogP contribution in [0.5, 0.6) is 0 Å². The topological polar surface area (TPSA) is 3.24 Å². The van der Waals surface area contributed by atoms with Crippen molar-refractivity contribution in [2.24, 2.45) is 0 Å². The van der Waals surface area contributed by atoms with Crippen LogP contribution in [0.4, 0.5) is 0 Å². The number of rotatable bonds is 6. The second kappa shape index (κ2) is 6.67. The molecule has 0 aromatic carbocycles. The predicted molar refractivity (Wildman–Crippen MR) is 74.2 cm³/mol. The van der Waals surface area contributed by atoms with E-state index in [-0.39, 0.29) is 0 Å². The summed E-state index contributed by atoms with van der Waals surface area (Å²) in [6.07, 6.45) is 7.58. The van der Waals surface area contributed by atoms with Gasteiger partial charge in [0.2, 0.25) is 0 Å². The van der Waals surface area contributed by atoms with Crippen molar-refractivity contribution in [3.05, 3.63) is 73.0 Å². The molecule has 0 aliphatic rings. The molecule has 0 amide bonds. The van der Waals surface area contributed by atoms with Crippen LogP contribution in [-0.4, -0.2) is 19.0 Å². The van der Waals surface area contributed by atoms with E-state index in [1.165, 1.54) is 0 Å². The summed E-state index contributed by atoms with van der Waals surface area (Å²) < 4.78 is 0. The third-order valence-electron chi connectivity index (χ3n) is 2.03. The van der Waals surface area contributed by atoms with E-state index in [1.54, 1.807) is 6.08 Å². The van der Waals surface area contributed by atoms with Crippen molar-refractivity contribution in [2.75, 3.05) is 14.1 Å². The lowest BCUT2D eigenvalue weighted by Crippen LogP contribution is -2.09. The molecule has 0 heterocycles. The SMILES string of the molecule is C=C/C(=C\C(=C)C(=C)/C=C\C(=C)C)N(C)C. The summed E-state index contributed by atoms with van der Waals surface area (Å²) in [5.41, 5.74) is 3.76. The van der Waals surface area contributed by atoms with Crippen LogP contribution < -0.4 is 0 Å². The number of nitrogens with zero attached hydrogens (tertiary/aromatic N) is 1. The van der Waals surface area contributed by atoms with Gasteiger partial charge in [-0.2, -0.15) is 0 Å². The Hall–Kier alpha value is -1.76. The van der Waals surface area contributed by atoms with Gasteiger partial charge in [-0.1, -0.05) is 44.0 Å². The van der Waals surface area contributed by atoms with Crippen LogP contribution in [0.3, 0.4) is 0 Å². The Labute approximate surface area is 99.5 Å². The monoisotopic (exact) mass is 215 g/mol. The second-order valence-corrected chi connectivity index (χ2v) is 3.90. The highest BCUT2D eigenvalue weighted by molar-refractivity contribution is 5.46. The van der Waals surface area contributed by atoms with Crippen molar-refractivity contribution in [1.29, 1.82) is 0 Å². The lowest BCUT2D eigenvalue weighted by molar-refractivity contribution is 0.530. The predicted octanol–water partition coefficient (Wildman–Crippen LogP) is 3.86. The third-order valence-corrected chi connectivity index (χ3v) is 2.03. The van der Waals surface area contributed by atoms with Crippen molar-refractivity contribution < 1.29 is 0 Å². The van der Waals surface area contributed by atoms with E-state index in [9.17, 15) is 0 Å². The molecule has 0 saturated carbocycles. The van der Waals surface area contributed by atoms with E-state index in [4.69, 9.17) is 0 Å². The molecule has 0 rings (SSSR count). The van der Waals surface area contributed by atoms with Crippen molar-refractivity contribution in [2.45, 2.75) is 6.92 Å². The molecular formula is C15H21N. The van der Waals surface area contributed by atoms with Gasteiger partial charge in [-0.25, -0.2) is 0 Å². The minimum atomic E-state index is 0.876. The fraction of sp³-hybridized carbons (Fsp3) is 0.200. The number of likely N-dealkylation sites (N-methyl/N-ethyl adjacent to an activating group) is 1. The molecule has 0 aromatic rings. The van der Waals surface area contributed by atoms with Crippen LogP contribution in [0.2, 0.25) is 0 Å². The van der Waals surface area contributed by atoms with Gasteiger partial charge in [-0.05, 0) is 30.2 Å². The Morgan fingerprint density at radius 1 is 1.00 bits per heavy atom. The Bertz CT molecular complexity index is 365. The highest BCUT2D eigenvalue weighted by Crippen LogP contribution is 2.13. The number of hydrogen-bond acceptors (Lipinski definition) is 1. The van der Waals surface area contributed by atoms with Crippen LogP contribution in [0, 0.1) is 0 Å². The summed E-state index contributed by atoms with van der Waals surface area (Å²) in [5.74, 6) is 0. The summed E-state index contributed by atoms with van der Waals surface area (Å²) in [7, 11) is 3.93. The lowest BCUT2D eigenvalue weighted by atomic mass is 10.1. The summed E-state index contributed by atoms with van der Waals surface area (Å²) >= 11 is 0. The average Bonchev–Trinajstić information content (AvgIpc) is 2.21. The van der Waals surface area contributed by atoms with Crippen molar-refractivity contribution >= 4 is 0 Å². The molecular weight excluding hydrogens is 194 g/mol. The molecule has 0 unspecified atom stereocenters. The fourth-order valence-corrected chi connectivity index (χ4v) is 0.992. The highest BCUT2D eigenvalue weighted by Gasteiger charge is 1.97. The number of allylic oxidation sites excluding steroid dienone is 7. The smallest absolute Gasteiger partial charge is 0.0361 e. The van der Waals surface area contributed by atoms with E-state index in [1.807, 2.05) is 44.1 Å². The maximum absolute atomic E-state index is 3.97. The molecule has 0 aliphatic carbocycles. The first kappa shape index (κ1) is 14.2. The molecule has 0 fully saturated rings. The van der Waals surface area contributed by atoms with Gasteiger partial charge in [0, 0.05) is 19.8 Å². The van der Waals surface area contributed by atoms with Gasteiger partial charge in [0.15, 0.2) is 0 Å². The van der Waals surface area contributed by atoms with E-state index in [0.29, 0.717) is 0 Å². The zero-order chi connectivity index (χ0) is 12.7.